The first-order valence-corrected chi connectivity index (χ1v) is 3.06. The van der Waals surface area contributed by atoms with Gasteiger partial charge in [0.25, 0.3) is 11.8 Å². The molecular weight excluding hydrogens is 168 g/mol. The minimum absolute atomic E-state index is 0.506. The lowest BCUT2D eigenvalue weighted by molar-refractivity contribution is 0.180. The van der Waals surface area contributed by atoms with Gasteiger partial charge in [-0.2, -0.15) is 0 Å². The van der Waals surface area contributed by atoms with Gasteiger partial charge in [0.15, 0.2) is 0 Å². The van der Waals surface area contributed by atoms with Crippen LogP contribution in [0.25, 0.3) is 0 Å². The van der Waals surface area contributed by atoms with Gasteiger partial charge in [-0.15, -0.1) is 0 Å². The lowest BCUT2D eigenvalue weighted by atomic mass is 10.7. The van der Waals surface area contributed by atoms with Crippen LogP contribution in [0.4, 0.5) is 0 Å². The molecule has 0 spiro atoms. The van der Waals surface area contributed by atoms with E-state index in [4.69, 9.17) is 20.4 Å². The van der Waals surface area contributed by atoms with E-state index >= 15 is 0 Å². The Morgan fingerprint density at radius 2 is 1.33 bits per heavy atom. The average Bonchev–Trinajstić information content (AvgIpc) is 2.25. The monoisotopic (exact) mass is 176 g/mol. The summed E-state index contributed by atoms with van der Waals surface area (Å²) in [6.07, 6.45) is 0. The summed E-state index contributed by atoms with van der Waals surface area (Å²) in [5.41, 5.74) is -0.880. The highest BCUT2D eigenvalue weighted by Gasteiger charge is 2.16. The Kier molecular flexibility index (Phi) is 2.07. The summed E-state index contributed by atoms with van der Waals surface area (Å²) in [4.78, 5) is 11.0. The molecule has 68 valence electrons. The van der Waals surface area contributed by atoms with Gasteiger partial charge in [0.05, 0.1) is 0 Å². The van der Waals surface area contributed by atoms with Crippen LogP contribution in [0.15, 0.2) is 4.79 Å². The Labute approximate surface area is 66.3 Å². The quantitative estimate of drug-likeness (QED) is 0.415. The number of imidazole rings is 1. The van der Waals surface area contributed by atoms with E-state index in [2.05, 4.69) is 0 Å². The van der Waals surface area contributed by atoms with Crippen LogP contribution in [0.3, 0.4) is 0 Å². The molecule has 0 radical (unpaired) electrons. The fraction of sp³-hybridized carbons (Fsp3) is 0.400. The third-order valence-electron chi connectivity index (χ3n) is 1.46. The standard InChI is InChI=1S/C5H8N2O5/c8-1-6-3(10)4(11)7(2-9)5(6)12/h8-11H,1-2H2. The van der Waals surface area contributed by atoms with Crippen molar-refractivity contribution in [2.24, 2.45) is 0 Å². The van der Waals surface area contributed by atoms with Gasteiger partial charge in [0.2, 0.25) is 0 Å². The van der Waals surface area contributed by atoms with E-state index in [1.807, 2.05) is 0 Å². The van der Waals surface area contributed by atoms with Crippen molar-refractivity contribution in [3.63, 3.8) is 0 Å². The number of nitrogens with zero attached hydrogens (tertiary/aromatic N) is 2. The Bertz CT molecular complexity index is 308. The van der Waals surface area contributed by atoms with Crippen molar-refractivity contribution in [3.05, 3.63) is 10.5 Å². The van der Waals surface area contributed by atoms with Crippen molar-refractivity contribution < 1.29 is 20.4 Å². The summed E-state index contributed by atoms with van der Waals surface area (Å²) in [6, 6.07) is 0. The minimum Gasteiger partial charge on any atom is -0.491 e. The van der Waals surface area contributed by atoms with Crippen molar-refractivity contribution in [3.8, 4) is 11.8 Å². The van der Waals surface area contributed by atoms with E-state index in [1.54, 1.807) is 0 Å². The summed E-state index contributed by atoms with van der Waals surface area (Å²) in [7, 11) is 0. The summed E-state index contributed by atoms with van der Waals surface area (Å²) in [6.45, 7) is -1.52. The van der Waals surface area contributed by atoms with Crippen LogP contribution in [0, 0.1) is 0 Å². The zero-order chi connectivity index (χ0) is 9.30. The maximum absolute atomic E-state index is 11.0. The van der Waals surface area contributed by atoms with Crippen molar-refractivity contribution >= 4 is 0 Å². The number of aliphatic hydroxyl groups is 2. The first-order chi connectivity index (χ1) is 5.63. The van der Waals surface area contributed by atoms with Crippen molar-refractivity contribution in [1.29, 1.82) is 0 Å². The maximum Gasteiger partial charge on any atom is 0.337 e. The van der Waals surface area contributed by atoms with Crippen molar-refractivity contribution in [2.45, 2.75) is 13.5 Å². The molecule has 0 saturated carbocycles. The highest BCUT2D eigenvalue weighted by molar-refractivity contribution is 5.24. The Morgan fingerprint density at radius 3 is 1.50 bits per heavy atom. The van der Waals surface area contributed by atoms with Crippen LogP contribution in [-0.4, -0.2) is 29.6 Å². The molecule has 0 aliphatic heterocycles. The molecule has 0 fully saturated rings. The van der Waals surface area contributed by atoms with Crippen molar-refractivity contribution in [2.75, 3.05) is 0 Å². The average molecular weight is 176 g/mol. The van der Waals surface area contributed by atoms with Crippen LogP contribution in [0.1, 0.15) is 0 Å². The van der Waals surface area contributed by atoms with E-state index in [-0.39, 0.29) is 0 Å². The lowest BCUT2D eigenvalue weighted by Gasteiger charge is -1.93. The number of hydrogen-bond acceptors (Lipinski definition) is 5. The predicted octanol–water partition coefficient (Wildman–Crippen LogP) is -2.04. The van der Waals surface area contributed by atoms with E-state index in [1.165, 1.54) is 0 Å². The Balaban J connectivity index is 3.43. The summed E-state index contributed by atoms with van der Waals surface area (Å²) in [5.74, 6) is -1.53. The van der Waals surface area contributed by atoms with Crippen LogP contribution < -0.4 is 5.69 Å². The molecule has 0 unspecified atom stereocenters. The lowest BCUT2D eigenvalue weighted by Crippen LogP contribution is -2.24. The van der Waals surface area contributed by atoms with E-state index in [0.29, 0.717) is 9.13 Å². The first-order valence-electron chi connectivity index (χ1n) is 3.06. The normalized spacial score (nSPS) is 10.5. The number of aromatic hydroxyl groups is 2. The van der Waals surface area contributed by atoms with Gasteiger partial charge in [-0.3, -0.25) is 0 Å². The summed E-state index contributed by atoms with van der Waals surface area (Å²) >= 11 is 0. The third kappa shape index (κ3) is 0.953. The van der Waals surface area contributed by atoms with Gasteiger partial charge in [-0.05, 0) is 0 Å². The second-order valence-corrected chi connectivity index (χ2v) is 2.07. The van der Waals surface area contributed by atoms with Crippen LogP contribution in [0.5, 0.6) is 11.8 Å². The smallest absolute Gasteiger partial charge is 0.337 e. The Morgan fingerprint density at radius 1 is 1.00 bits per heavy atom. The zero-order valence-electron chi connectivity index (χ0n) is 6.01. The number of hydrogen-bond donors (Lipinski definition) is 4. The van der Waals surface area contributed by atoms with Gasteiger partial charge in [0.1, 0.15) is 13.5 Å². The Hall–Kier alpha value is -1.47. The molecule has 0 aliphatic rings. The van der Waals surface area contributed by atoms with Crippen LogP contribution in [0.2, 0.25) is 0 Å². The van der Waals surface area contributed by atoms with Gasteiger partial charge in [-0.25, -0.2) is 13.9 Å². The molecule has 12 heavy (non-hydrogen) atoms. The molecule has 1 aromatic heterocycles. The van der Waals surface area contributed by atoms with Gasteiger partial charge in [0, 0.05) is 0 Å². The molecule has 0 atom stereocenters. The molecule has 0 amide bonds. The fourth-order valence-electron chi connectivity index (χ4n) is 0.823. The van der Waals surface area contributed by atoms with E-state index in [9.17, 15) is 4.79 Å². The number of aromatic nitrogens is 2. The maximum atomic E-state index is 11.0. The molecular formula is C5H8N2O5. The fourth-order valence-corrected chi connectivity index (χ4v) is 0.823. The highest BCUT2D eigenvalue weighted by atomic mass is 16.3. The largest absolute Gasteiger partial charge is 0.491 e. The predicted molar refractivity (Wildman–Crippen MR) is 36.5 cm³/mol. The molecule has 4 N–H and O–H groups in total. The van der Waals surface area contributed by atoms with Crippen LogP contribution in [-0.2, 0) is 13.5 Å². The van der Waals surface area contributed by atoms with Crippen molar-refractivity contribution in [1.82, 2.24) is 9.13 Å². The number of aliphatic hydroxyl groups excluding tert-OH is 2. The molecule has 0 aliphatic carbocycles. The molecule has 0 saturated heterocycles. The minimum atomic E-state index is -0.880. The molecule has 0 bridgehead atoms. The SMILES string of the molecule is O=c1n(CO)c(O)c(O)n1CO. The second kappa shape index (κ2) is 2.88. The summed E-state index contributed by atoms with van der Waals surface area (Å²) < 4.78 is 1.01. The van der Waals surface area contributed by atoms with Gasteiger partial charge >= 0.3 is 5.69 Å². The summed E-state index contributed by atoms with van der Waals surface area (Å²) in [5, 5.41) is 35.0. The third-order valence-corrected chi connectivity index (χ3v) is 1.46. The van der Waals surface area contributed by atoms with Crippen LogP contribution >= 0.6 is 0 Å². The molecule has 1 aromatic rings. The van der Waals surface area contributed by atoms with Gasteiger partial charge < -0.3 is 20.4 Å². The topological polar surface area (TPSA) is 108 Å². The molecule has 7 heteroatoms. The first kappa shape index (κ1) is 8.62. The molecule has 0 aromatic carbocycles. The highest BCUT2D eigenvalue weighted by Crippen LogP contribution is 2.21. The molecule has 1 rings (SSSR count). The van der Waals surface area contributed by atoms with E-state index < -0.39 is 30.9 Å². The molecule has 7 nitrogen and oxygen atoms in total. The second-order valence-electron chi connectivity index (χ2n) is 2.07. The molecule has 1 heterocycles. The van der Waals surface area contributed by atoms with Gasteiger partial charge in [-0.1, -0.05) is 0 Å². The number of rotatable bonds is 2. The zero-order valence-corrected chi connectivity index (χ0v) is 6.01. The van der Waals surface area contributed by atoms with E-state index in [0.717, 1.165) is 0 Å².